The summed E-state index contributed by atoms with van der Waals surface area (Å²) in [4.78, 5) is 24.0. The van der Waals surface area contributed by atoms with E-state index < -0.39 is 0 Å². The second-order valence-corrected chi connectivity index (χ2v) is 6.13. The Bertz CT molecular complexity index is 718. The third-order valence-corrected chi connectivity index (χ3v) is 3.89. The molecule has 0 aliphatic carbocycles. The van der Waals surface area contributed by atoms with Gasteiger partial charge in [0, 0.05) is 23.1 Å². The first-order valence-corrected chi connectivity index (χ1v) is 7.21. The molecule has 0 fully saturated rings. The van der Waals surface area contributed by atoms with E-state index in [1.807, 2.05) is 26.0 Å². The van der Waals surface area contributed by atoms with Gasteiger partial charge in [-0.15, -0.1) is 0 Å². The number of carbonyl (C=O) groups is 2. The molecule has 0 atom stereocenters. The van der Waals surface area contributed by atoms with Crippen LogP contribution in [0.5, 0.6) is 0 Å². The Morgan fingerprint density at radius 3 is 2.91 bits per heavy atom. The first-order valence-electron chi connectivity index (χ1n) is 7.21. The van der Waals surface area contributed by atoms with E-state index in [1.54, 1.807) is 24.5 Å². The quantitative estimate of drug-likeness (QED) is 0.915. The third kappa shape index (κ3) is 2.74. The highest BCUT2D eigenvalue weighted by Crippen LogP contribution is 2.37. The van der Waals surface area contributed by atoms with Crippen LogP contribution in [-0.2, 0) is 16.8 Å². The SMILES string of the molecule is CC1(C)CC(=O)Nc2ccc(C(=O)NCc3ccco3)cc21. The molecule has 0 bridgehead atoms. The molecule has 5 heteroatoms. The summed E-state index contributed by atoms with van der Waals surface area (Å²) in [6.45, 7) is 4.37. The normalized spacial score (nSPS) is 15.8. The number of amides is 2. The van der Waals surface area contributed by atoms with Crippen molar-refractivity contribution >= 4 is 17.5 Å². The number of benzene rings is 1. The fraction of sp³-hybridized carbons (Fsp3) is 0.294. The van der Waals surface area contributed by atoms with E-state index in [-0.39, 0.29) is 17.2 Å². The molecule has 22 heavy (non-hydrogen) atoms. The molecule has 2 heterocycles. The van der Waals surface area contributed by atoms with Crippen LogP contribution in [0.25, 0.3) is 0 Å². The summed E-state index contributed by atoms with van der Waals surface area (Å²) in [5, 5.41) is 5.67. The van der Waals surface area contributed by atoms with Crippen molar-refractivity contribution in [2.45, 2.75) is 32.2 Å². The number of hydrogen-bond acceptors (Lipinski definition) is 3. The first kappa shape index (κ1) is 14.4. The maximum absolute atomic E-state index is 12.3. The van der Waals surface area contributed by atoms with Gasteiger partial charge in [0.05, 0.1) is 12.8 Å². The highest BCUT2D eigenvalue weighted by atomic mass is 16.3. The number of furan rings is 1. The highest BCUT2D eigenvalue weighted by molar-refractivity contribution is 5.98. The first-order chi connectivity index (χ1) is 10.5. The Morgan fingerprint density at radius 2 is 2.18 bits per heavy atom. The van der Waals surface area contributed by atoms with Crippen LogP contribution >= 0.6 is 0 Å². The van der Waals surface area contributed by atoms with Crippen LogP contribution in [0.1, 0.15) is 41.9 Å². The summed E-state index contributed by atoms with van der Waals surface area (Å²) in [6.07, 6.45) is 1.99. The monoisotopic (exact) mass is 298 g/mol. The summed E-state index contributed by atoms with van der Waals surface area (Å²) in [6, 6.07) is 8.96. The van der Waals surface area contributed by atoms with Gasteiger partial charge >= 0.3 is 0 Å². The summed E-state index contributed by atoms with van der Waals surface area (Å²) in [7, 11) is 0. The van der Waals surface area contributed by atoms with Crippen molar-refractivity contribution in [3.05, 3.63) is 53.5 Å². The lowest BCUT2D eigenvalue weighted by molar-refractivity contribution is -0.117. The second-order valence-electron chi connectivity index (χ2n) is 6.13. The van der Waals surface area contributed by atoms with Crippen LogP contribution in [0, 0.1) is 0 Å². The van der Waals surface area contributed by atoms with E-state index in [0.29, 0.717) is 24.3 Å². The van der Waals surface area contributed by atoms with Crippen molar-refractivity contribution < 1.29 is 14.0 Å². The Balaban J connectivity index is 1.81. The predicted molar refractivity (Wildman–Crippen MR) is 82.6 cm³/mol. The van der Waals surface area contributed by atoms with Crippen molar-refractivity contribution in [1.82, 2.24) is 5.32 Å². The van der Waals surface area contributed by atoms with Gasteiger partial charge in [0.15, 0.2) is 0 Å². The summed E-state index contributed by atoms with van der Waals surface area (Å²) < 4.78 is 5.19. The van der Waals surface area contributed by atoms with E-state index in [2.05, 4.69) is 10.6 Å². The molecular formula is C17H18N2O3. The molecule has 1 aliphatic heterocycles. The Kier molecular flexibility index (Phi) is 3.48. The number of anilines is 1. The molecule has 2 N–H and O–H groups in total. The van der Waals surface area contributed by atoms with Crippen LogP contribution < -0.4 is 10.6 Å². The van der Waals surface area contributed by atoms with Crippen LogP contribution in [-0.4, -0.2) is 11.8 Å². The molecule has 5 nitrogen and oxygen atoms in total. The zero-order chi connectivity index (χ0) is 15.7. The molecule has 2 aromatic rings. The zero-order valence-corrected chi connectivity index (χ0v) is 12.6. The van der Waals surface area contributed by atoms with E-state index in [1.165, 1.54) is 0 Å². The molecule has 0 saturated carbocycles. The molecule has 1 aromatic carbocycles. The van der Waals surface area contributed by atoms with Gasteiger partial charge in [-0.2, -0.15) is 0 Å². The summed E-state index contributed by atoms with van der Waals surface area (Å²) in [5.41, 5.74) is 2.06. The van der Waals surface area contributed by atoms with Crippen LogP contribution in [0.15, 0.2) is 41.0 Å². The molecular weight excluding hydrogens is 280 g/mol. The molecule has 3 rings (SSSR count). The number of fused-ring (bicyclic) bond motifs is 1. The predicted octanol–water partition coefficient (Wildman–Crippen LogP) is 2.83. The molecule has 0 saturated heterocycles. The number of rotatable bonds is 3. The molecule has 1 aromatic heterocycles. The minimum atomic E-state index is -0.283. The second kappa shape index (κ2) is 5.33. The van der Waals surface area contributed by atoms with Crippen molar-refractivity contribution in [1.29, 1.82) is 0 Å². The lowest BCUT2D eigenvalue weighted by atomic mass is 9.77. The smallest absolute Gasteiger partial charge is 0.251 e. The topological polar surface area (TPSA) is 71.3 Å². The average molecular weight is 298 g/mol. The minimum absolute atomic E-state index is 0.00696. The lowest BCUT2D eigenvalue weighted by Crippen LogP contribution is -2.33. The number of hydrogen-bond donors (Lipinski definition) is 2. The maximum atomic E-state index is 12.3. The van der Waals surface area contributed by atoms with Gasteiger partial charge in [0.2, 0.25) is 5.91 Å². The van der Waals surface area contributed by atoms with Crippen molar-refractivity contribution in [2.75, 3.05) is 5.32 Å². The van der Waals surface area contributed by atoms with Crippen LogP contribution in [0.4, 0.5) is 5.69 Å². The Hall–Kier alpha value is -2.56. The number of carbonyl (C=O) groups excluding carboxylic acids is 2. The summed E-state index contributed by atoms with van der Waals surface area (Å²) >= 11 is 0. The molecule has 114 valence electrons. The fourth-order valence-corrected chi connectivity index (χ4v) is 2.73. The third-order valence-electron chi connectivity index (χ3n) is 3.89. The average Bonchev–Trinajstić information content (AvgIpc) is 2.96. The van der Waals surface area contributed by atoms with Gasteiger partial charge < -0.3 is 15.1 Å². The van der Waals surface area contributed by atoms with Crippen LogP contribution in [0.2, 0.25) is 0 Å². The van der Waals surface area contributed by atoms with Gasteiger partial charge in [-0.1, -0.05) is 13.8 Å². The van der Waals surface area contributed by atoms with Gasteiger partial charge in [-0.05, 0) is 35.9 Å². The molecule has 0 unspecified atom stereocenters. The molecule has 0 radical (unpaired) electrons. The Labute approximate surface area is 128 Å². The fourth-order valence-electron chi connectivity index (χ4n) is 2.73. The van der Waals surface area contributed by atoms with Gasteiger partial charge in [-0.25, -0.2) is 0 Å². The van der Waals surface area contributed by atoms with Crippen molar-refractivity contribution in [3.8, 4) is 0 Å². The highest BCUT2D eigenvalue weighted by Gasteiger charge is 2.32. The lowest BCUT2D eigenvalue weighted by Gasteiger charge is -2.32. The van der Waals surface area contributed by atoms with E-state index >= 15 is 0 Å². The van der Waals surface area contributed by atoms with E-state index in [9.17, 15) is 9.59 Å². The molecule has 2 amide bonds. The van der Waals surface area contributed by atoms with Gasteiger partial charge in [0.1, 0.15) is 5.76 Å². The van der Waals surface area contributed by atoms with Crippen LogP contribution in [0.3, 0.4) is 0 Å². The van der Waals surface area contributed by atoms with Gasteiger partial charge in [-0.3, -0.25) is 9.59 Å². The zero-order valence-electron chi connectivity index (χ0n) is 12.6. The van der Waals surface area contributed by atoms with Crippen molar-refractivity contribution in [3.63, 3.8) is 0 Å². The Morgan fingerprint density at radius 1 is 1.36 bits per heavy atom. The van der Waals surface area contributed by atoms with E-state index in [4.69, 9.17) is 4.42 Å². The van der Waals surface area contributed by atoms with Gasteiger partial charge in [0.25, 0.3) is 5.91 Å². The number of nitrogens with one attached hydrogen (secondary N) is 2. The maximum Gasteiger partial charge on any atom is 0.251 e. The minimum Gasteiger partial charge on any atom is -0.467 e. The standard InChI is InChI=1S/C17H18N2O3/c1-17(2)9-15(20)19-14-6-5-11(8-13(14)17)16(21)18-10-12-4-3-7-22-12/h3-8H,9-10H2,1-2H3,(H,18,21)(H,19,20). The van der Waals surface area contributed by atoms with Crippen molar-refractivity contribution in [2.24, 2.45) is 0 Å². The summed E-state index contributed by atoms with van der Waals surface area (Å²) in [5.74, 6) is 0.554. The molecule has 0 spiro atoms. The van der Waals surface area contributed by atoms with E-state index in [0.717, 1.165) is 11.3 Å². The molecule has 1 aliphatic rings. The largest absolute Gasteiger partial charge is 0.467 e.